The van der Waals surface area contributed by atoms with Crippen molar-refractivity contribution in [1.29, 1.82) is 0 Å². The predicted octanol–water partition coefficient (Wildman–Crippen LogP) is -1.70. The van der Waals surface area contributed by atoms with E-state index in [2.05, 4.69) is 25.3 Å². The van der Waals surface area contributed by atoms with Crippen molar-refractivity contribution in [2.24, 2.45) is 5.11 Å². The highest BCUT2D eigenvalue weighted by Gasteiger charge is 2.47. The Bertz CT molecular complexity index is 686. The number of hydrogen-bond acceptors (Lipinski definition) is 9. The van der Waals surface area contributed by atoms with Gasteiger partial charge in [0, 0.05) is 4.91 Å². The normalized spacial score (nSPS) is 29.8. The molecular weight excluding hydrogens is 296 g/mol. The molecule has 2 aliphatic rings. The third-order valence-corrected chi connectivity index (χ3v) is 3.59. The van der Waals surface area contributed by atoms with Crippen LogP contribution < -0.4 is 21.5 Å². The number of aliphatic hydroxyl groups excluding tert-OH is 2. The molecule has 0 aromatic carbocycles. The zero-order chi connectivity index (χ0) is 15.9. The van der Waals surface area contributed by atoms with Crippen LogP contribution in [-0.2, 0) is 4.74 Å². The minimum Gasteiger partial charge on any atom is -0.388 e. The molecule has 6 N–H and O–H groups in total. The van der Waals surface area contributed by atoms with Crippen molar-refractivity contribution in [2.75, 3.05) is 29.2 Å². The summed E-state index contributed by atoms with van der Waals surface area (Å²) in [6.45, 7) is 0.0296. The van der Waals surface area contributed by atoms with Gasteiger partial charge in [-0.1, -0.05) is 5.11 Å². The van der Waals surface area contributed by atoms with Crippen LogP contribution in [0.1, 0.15) is 0 Å². The molecule has 12 heteroatoms. The van der Waals surface area contributed by atoms with Gasteiger partial charge in [0.25, 0.3) is 5.56 Å². The second-order valence-corrected chi connectivity index (χ2v) is 4.91. The maximum Gasteiger partial charge on any atom is 0.277 e. The Morgan fingerprint density at radius 1 is 1.55 bits per heavy atom. The summed E-state index contributed by atoms with van der Waals surface area (Å²) < 4.78 is 5.54. The lowest BCUT2D eigenvalue weighted by atomic mass is 10.1. The number of nitrogen functional groups attached to an aromatic ring is 1. The van der Waals surface area contributed by atoms with Gasteiger partial charge in [-0.05, 0) is 5.53 Å². The van der Waals surface area contributed by atoms with Crippen LogP contribution in [0.25, 0.3) is 10.4 Å². The predicted molar refractivity (Wildman–Crippen MR) is 74.9 cm³/mol. The van der Waals surface area contributed by atoms with Crippen molar-refractivity contribution < 1.29 is 14.9 Å². The van der Waals surface area contributed by atoms with Gasteiger partial charge in [-0.25, -0.2) is 0 Å². The van der Waals surface area contributed by atoms with Gasteiger partial charge >= 0.3 is 0 Å². The fraction of sp³-hybridized carbons (Fsp3) is 0.600. The Kier molecular flexibility index (Phi) is 3.50. The van der Waals surface area contributed by atoms with Gasteiger partial charge in [-0.15, -0.1) is 0 Å². The van der Waals surface area contributed by atoms with Crippen molar-refractivity contribution in [2.45, 2.75) is 24.5 Å². The molecule has 118 valence electrons. The van der Waals surface area contributed by atoms with E-state index in [-0.39, 0.29) is 30.7 Å². The Balaban J connectivity index is 1.88. The number of aromatic nitrogens is 2. The van der Waals surface area contributed by atoms with Gasteiger partial charge in [0.15, 0.2) is 12.0 Å². The van der Waals surface area contributed by atoms with Crippen LogP contribution >= 0.6 is 0 Å². The Labute approximate surface area is 123 Å². The Morgan fingerprint density at radius 3 is 3.05 bits per heavy atom. The number of anilines is 3. The number of nitrogens with zero attached hydrogens (tertiary/aromatic N) is 5. The fourth-order valence-corrected chi connectivity index (χ4v) is 2.55. The summed E-state index contributed by atoms with van der Waals surface area (Å²) in [6.07, 6.45) is -4.27. The van der Waals surface area contributed by atoms with E-state index in [1.807, 2.05) is 0 Å². The van der Waals surface area contributed by atoms with Gasteiger partial charge in [0.05, 0.1) is 19.3 Å². The van der Waals surface area contributed by atoms with E-state index in [1.165, 1.54) is 4.90 Å². The number of fused-ring (bicyclic) bond motifs is 1. The topological polar surface area (TPSA) is 185 Å². The molecule has 0 spiro atoms. The molecule has 1 saturated heterocycles. The summed E-state index contributed by atoms with van der Waals surface area (Å²) in [7, 11) is 0. The molecule has 1 fully saturated rings. The Hall–Kier alpha value is -2.53. The first kappa shape index (κ1) is 14.4. The number of azide groups is 1. The highest BCUT2D eigenvalue weighted by Crippen LogP contribution is 2.33. The van der Waals surface area contributed by atoms with Gasteiger partial charge < -0.3 is 30.9 Å². The zero-order valence-electron chi connectivity index (χ0n) is 11.2. The fourth-order valence-electron chi connectivity index (χ4n) is 2.55. The summed E-state index contributed by atoms with van der Waals surface area (Å²) in [5.74, 6) is 0.151. The van der Waals surface area contributed by atoms with Crippen molar-refractivity contribution in [3.05, 3.63) is 20.8 Å². The van der Waals surface area contributed by atoms with Crippen LogP contribution in [0.5, 0.6) is 0 Å². The van der Waals surface area contributed by atoms with Gasteiger partial charge in [-0.3, -0.25) is 9.78 Å². The molecule has 3 heterocycles. The van der Waals surface area contributed by atoms with E-state index < -0.39 is 30.1 Å². The van der Waals surface area contributed by atoms with Crippen molar-refractivity contribution in [3.63, 3.8) is 0 Å². The molecule has 22 heavy (non-hydrogen) atoms. The lowest BCUT2D eigenvalue weighted by Gasteiger charge is -2.26. The zero-order valence-corrected chi connectivity index (χ0v) is 11.2. The number of aromatic amines is 1. The summed E-state index contributed by atoms with van der Waals surface area (Å²) in [4.78, 5) is 22.2. The molecule has 2 aliphatic heterocycles. The number of nitrogens with one attached hydrogen (secondary N) is 2. The highest BCUT2D eigenvalue weighted by molar-refractivity contribution is 5.71. The maximum absolute atomic E-state index is 11.8. The average molecular weight is 310 g/mol. The minimum atomic E-state index is -1.26. The van der Waals surface area contributed by atoms with Crippen LogP contribution in [0, 0.1) is 0 Å². The van der Waals surface area contributed by atoms with Crippen LogP contribution in [-0.4, -0.2) is 57.9 Å². The van der Waals surface area contributed by atoms with E-state index in [4.69, 9.17) is 16.0 Å². The smallest absolute Gasteiger partial charge is 0.277 e. The van der Waals surface area contributed by atoms with Crippen molar-refractivity contribution in [1.82, 2.24) is 9.97 Å². The van der Waals surface area contributed by atoms with Crippen LogP contribution in [0.15, 0.2) is 9.91 Å². The molecule has 1 aromatic heterocycles. The average Bonchev–Trinajstić information content (AvgIpc) is 3.00. The van der Waals surface area contributed by atoms with E-state index in [0.29, 0.717) is 0 Å². The van der Waals surface area contributed by atoms with E-state index >= 15 is 0 Å². The van der Waals surface area contributed by atoms with Crippen LogP contribution in [0.4, 0.5) is 17.5 Å². The molecule has 0 radical (unpaired) electrons. The second-order valence-electron chi connectivity index (χ2n) is 4.91. The molecule has 0 saturated carbocycles. The Morgan fingerprint density at radius 2 is 2.32 bits per heavy atom. The van der Waals surface area contributed by atoms with Crippen molar-refractivity contribution in [3.8, 4) is 0 Å². The summed E-state index contributed by atoms with van der Waals surface area (Å²) in [5.41, 5.74) is 13.6. The van der Waals surface area contributed by atoms with E-state index in [1.54, 1.807) is 0 Å². The second kappa shape index (κ2) is 5.35. The lowest BCUT2D eigenvalue weighted by molar-refractivity contribution is 0.0122. The molecule has 4 unspecified atom stereocenters. The number of H-pyrrole nitrogens is 1. The highest BCUT2D eigenvalue weighted by atomic mass is 16.6. The standard InChI is InChI=1S/C10H14N8O4/c11-10-15-7-4(8(21)16-10)13-2-18(7)9-6(20)5(19)3(22-9)1-14-17-12/h3,5-6,9,13,19-20H,1-2H2,(H3,11,15,16,21). The number of aliphatic hydroxyl groups is 2. The third-order valence-electron chi connectivity index (χ3n) is 3.59. The molecular formula is C10H14N8O4. The van der Waals surface area contributed by atoms with Crippen molar-refractivity contribution >= 4 is 17.5 Å². The van der Waals surface area contributed by atoms with Crippen LogP contribution in [0.2, 0.25) is 0 Å². The number of rotatable bonds is 3. The molecule has 12 nitrogen and oxygen atoms in total. The largest absolute Gasteiger partial charge is 0.388 e. The summed E-state index contributed by atoms with van der Waals surface area (Å²) >= 11 is 0. The quantitative estimate of drug-likeness (QED) is 0.248. The summed E-state index contributed by atoms with van der Waals surface area (Å²) in [5, 5.41) is 26.2. The minimum absolute atomic E-state index is 0.0730. The molecule has 0 aliphatic carbocycles. The lowest BCUT2D eigenvalue weighted by Crippen LogP contribution is -2.44. The molecule has 0 bridgehead atoms. The molecule has 4 atom stereocenters. The summed E-state index contributed by atoms with van der Waals surface area (Å²) in [6, 6.07) is 0. The molecule has 1 aromatic rings. The first-order valence-corrected chi connectivity index (χ1v) is 6.45. The third kappa shape index (κ3) is 2.19. The van der Waals surface area contributed by atoms with E-state index in [9.17, 15) is 15.0 Å². The molecule has 3 rings (SSSR count). The maximum atomic E-state index is 11.8. The number of nitrogens with two attached hydrogens (primary N) is 1. The first-order valence-electron chi connectivity index (χ1n) is 6.45. The molecule has 0 amide bonds. The van der Waals surface area contributed by atoms with Gasteiger partial charge in [-0.2, -0.15) is 4.98 Å². The van der Waals surface area contributed by atoms with Crippen LogP contribution in [0.3, 0.4) is 0 Å². The monoisotopic (exact) mass is 310 g/mol. The number of hydrogen-bond donors (Lipinski definition) is 5. The number of ether oxygens (including phenoxy) is 1. The van der Waals surface area contributed by atoms with Gasteiger partial charge in [0.1, 0.15) is 17.9 Å². The van der Waals surface area contributed by atoms with E-state index in [0.717, 1.165) is 0 Å². The SMILES string of the molecule is [N-]=[N+]=NCC1OC(N2CNc3c2nc(N)[nH]c3=O)C(O)C1O. The van der Waals surface area contributed by atoms with Gasteiger partial charge in [0.2, 0.25) is 5.95 Å². The first-order chi connectivity index (χ1) is 10.5.